The van der Waals surface area contributed by atoms with Crippen LogP contribution in [-0.2, 0) is 4.79 Å². The molecule has 0 saturated carbocycles. The lowest BCUT2D eigenvalue weighted by molar-refractivity contribution is -0.115. The summed E-state index contributed by atoms with van der Waals surface area (Å²) in [6.45, 7) is 1.94. The van der Waals surface area contributed by atoms with Crippen molar-refractivity contribution in [3.8, 4) is 5.75 Å². The summed E-state index contributed by atoms with van der Waals surface area (Å²) in [5, 5.41) is 8.55. The fourth-order valence-electron chi connectivity index (χ4n) is 2.91. The van der Waals surface area contributed by atoms with Gasteiger partial charge in [0.15, 0.2) is 5.11 Å². The third-order valence-corrected chi connectivity index (χ3v) is 4.67. The SMILES string of the molecule is COc1ccccc1/C=C/C(=O)NC(=S)Nc1ccc(NC(=O)c2cccc(C)c2)cc1. The van der Waals surface area contributed by atoms with Gasteiger partial charge in [-0.25, -0.2) is 0 Å². The lowest BCUT2D eigenvalue weighted by atomic mass is 10.1. The largest absolute Gasteiger partial charge is 0.496 e. The Labute approximate surface area is 192 Å². The van der Waals surface area contributed by atoms with Gasteiger partial charge in [-0.2, -0.15) is 0 Å². The third-order valence-electron chi connectivity index (χ3n) is 4.47. The van der Waals surface area contributed by atoms with E-state index in [2.05, 4.69) is 16.0 Å². The van der Waals surface area contributed by atoms with Gasteiger partial charge < -0.3 is 15.4 Å². The number of ether oxygens (including phenoxy) is 1. The zero-order valence-electron chi connectivity index (χ0n) is 17.7. The van der Waals surface area contributed by atoms with Crippen molar-refractivity contribution in [3.63, 3.8) is 0 Å². The second-order valence-electron chi connectivity index (χ2n) is 6.92. The molecular weight excluding hydrogens is 422 g/mol. The lowest BCUT2D eigenvalue weighted by Crippen LogP contribution is -2.32. The Balaban J connectivity index is 1.52. The first kappa shape index (κ1) is 22.7. The lowest BCUT2D eigenvalue weighted by Gasteiger charge is -2.10. The highest BCUT2D eigenvalue weighted by Gasteiger charge is 2.07. The van der Waals surface area contributed by atoms with Gasteiger partial charge in [-0.1, -0.05) is 35.9 Å². The molecule has 0 aliphatic heterocycles. The maximum absolute atomic E-state index is 12.3. The van der Waals surface area contributed by atoms with E-state index in [0.717, 1.165) is 11.1 Å². The number of benzene rings is 3. The Morgan fingerprint density at radius 3 is 2.28 bits per heavy atom. The Bertz CT molecular complexity index is 1160. The number of amides is 2. The van der Waals surface area contributed by atoms with Crippen LogP contribution in [0.4, 0.5) is 11.4 Å². The summed E-state index contributed by atoms with van der Waals surface area (Å²) in [4.78, 5) is 24.5. The van der Waals surface area contributed by atoms with Crippen molar-refractivity contribution in [2.45, 2.75) is 6.92 Å². The summed E-state index contributed by atoms with van der Waals surface area (Å²) in [7, 11) is 1.57. The van der Waals surface area contributed by atoms with Crippen LogP contribution in [0.3, 0.4) is 0 Å². The van der Waals surface area contributed by atoms with Gasteiger partial charge in [0.05, 0.1) is 7.11 Å². The number of para-hydroxylation sites is 1. The van der Waals surface area contributed by atoms with Gasteiger partial charge in [0.25, 0.3) is 5.91 Å². The topological polar surface area (TPSA) is 79.5 Å². The first-order valence-corrected chi connectivity index (χ1v) is 10.3. The molecule has 0 aliphatic rings. The minimum absolute atomic E-state index is 0.163. The molecule has 0 bridgehead atoms. The zero-order valence-corrected chi connectivity index (χ0v) is 18.5. The average molecular weight is 446 g/mol. The summed E-state index contributed by atoms with van der Waals surface area (Å²) in [6.07, 6.45) is 3.04. The highest BCUT2D eigenvalue weighted by atomic mass is 32.1. The van der Waals surface area contributed by atoms with Crippen LogP contribution in [0.25, 0.3) is 6.08 Å². The van der Waals surface area contributed by atoms with Crippen molar-refractivity contribution in [3.05, 3.63) is 95.6 Å². The normalized spacial score (nSPS) is 10.4. The van der Waals surface area contributed by atoms with E-state index in [4.69, 9.17) is 17.0 Å². The second kappa shape index (κ2) is 10.9. The Morgan fingerprint density at radius 2 is 1.59 bits per heavy atom. The van der Waals surface area contributed by atoms with Crippen molar-refractivity contribution >= 4 is 46.6 Å². The number of carbonyl (C=O) groups excluding carboxylic acids is 2. The molecule has 0 saturated heterocycles. The summed E-state index contributed by atoms with van der Waals surface area (Å²) in [6, 6.07) is 21.8. The molecule has 7 heteroatoms. The number of methoxy groups -OCH3 is 1. The van der Waals surface area contributed by atoms with E-state index in [0.29, 0.717) is 22.7 Å². The molecule has 32 heavy (non-hydrogen) atoms. The molecule has 0 fully saturated rings. The predicted octanol–water partition coefficient (Wildman–Crippen LogP) is 4.78. The molecule has 162 valence electrons. The first-order chi connectivity index (χ1) is 15.4. The van der Waals surface area contributed by atoms with E-state index in [-0.39, 0.29) is 16.9 Å². The van der Waals surface area contributed by atoms with Gasteiger partial charge in [-0.3, -0.25) is 14.9 Å². The number of thiocarbonyl (C=S) groups is 1. The fourth-order valence-corrected chi connectivity index (χ4v) is 3.13. The minimum atomic E-state index is -0.365. The van der Waals surface area contributed by atoms with E-state index in [1.165, 1.54) is 6.08 Å². The van der Waals surface area contributed by atoms with Crippen LogP contribution >= 0.6 is 12.2 Å². The Kier molecular flexibility index (Phi) is 7.72. The molecule has 3 aromatic carbocycles. The van der Waals surface area contributed by atoms with Crippen molar-refractivity contribution < 1.29 is 14.3 Å². The Morgan fingerprint density at radius 1 is 0.906 bits per heavy atom. The Hall–Kier alpha value is -3.97. The summed E-state index contributed by atoms with van der Waals surface area (Å²) < 4.78 is 5.25. The van der Waals surface area contributed by atoms with E-state index < -0.39 is 0 Å². The fraction of sp³-hybridized carbons (Fsp3) is 0.0800. The average Bonchev–Trinajstić information content (AvgIpc) is 2.79. The van der Waals surface area contributed by atoms with Gasteiger partial charge in [0.1, 0.15) is 5.75 Å². The summed E-state index contributed by atoms with van der Waals surface area (Å²) >= 11 is 5.20. The predicted molar refractivity (Wildman–Crippen MR) is 132 cm³/mol. The molecule has 0 atom stereocenters. The van der Waals surface area contributed by atoms with Gasteiger partial charge in [-0.15, -0.1) is 0 Å². The highest BCUT2D eigenvalue weighted by molar-refractivity contribution is 7.80. The zero-order chi connectivity index (χ0) is 22.9. The van der Waals surface area contributed by atoms with Crippen molar-refractivity contribution in [2.75, 3.05) is 17.7 Å². The highest BCUT2D eigenvalue weighted by Crippen LogP contribution is 2.18. The summed E-state index contributed by atoms with van der Waals surface area (Å²) in [5.74, 6) is 0.126. The van der Waals surface area contributed by atoms with Gasteiger partial charge in [0.2, 0.25) is 5.91 Å². The van der Waals surface area contributed by atoms with Crippen molar-refractivity contribution in [2.24, 2.45) is 0 Å². The number of aryl methyl sites for hydroxylation is 1. The van der Waals surface area contributed by atoms with Crippen molar-refractivity contribution in [1.82, 2.24) is 5.32 Å². The molecule has 6 nitrogen and oxygen atoms in total. The van der Waals surface area contributed by atoms with Crippen LogP contribution < -0.4 is 20.7 Å². The number of anilines is 2. The molecule has 0 spiro atoms. The number of rotatable bonds is 6. The molecule has 3 rings (SSSR count). The van der Waals surface area contributed by atoms with Crippen LogP contribution in [0.1, 0.15) is 21.5 Å². The van der Waals surface area contributed by atoms with Crippen LogP contribution in [-0.4, -0.2) is 24.0 Å². The second-order valence-corrected chi connectivity index (χ2v) is 7.33. The minimum Gasteiger partial charge on any atom is -0.496 e. The number of nitrogens with one attached hydrogen (secondary N) is 3. The van der Waals surface area contributed by atoms with Crippen LogP contribution in [0.2, 0.25) is 0 Å². The van der Waals surface area contributed by atoms with E-state index in [1.807, 2.05) is 49.4 Å². The van der Waals surface area contributed by atoms with Crippen molar-refractivity contribution in [1.29, 1.82) is 0 Å². The van der Waals surface area contributed by atoms with Crippen LogP contribution in [0.15, 0.2) is 78.9 Å². The van der Waals surface area contributed by atoms with E-state index in [1.54, 1.807) is 43.5 Å². The smallest absolute Gasteiger partial charge is 0.255 e. The third kappa shape index (κ3) is 6.52. The molecule has 0 radical (unpaired) electrons. The summed E-state index contributed by atoms with van der Waals surface area (Å²) in [5.41, 5.74) is 3.73. The monoisotopic (exact) mass is 445 g/mol. The van der Waals surface area contributed by atoms with Crippen LogP contribution in [0, 0.1) is 6.92 Å². The standard InChI is InChI=1S/C25H23N3O3S/c1-17-6-5-8-19(16-17)24(30)26-20-11-13-21(14-12-20)27-25(32)28-23(29)15-10-18-7-3-4-9-22(18)31-2/h3-16H,1-2H3,(H,26,30)(H2,27,28,29,32)/b15-10+. The molecule has 2 amide bonds. The quantitative estimate of drug-likeness (QED) is 0.376. The van der Waals surface area contributed by atoms with Gasteiger partial charge in [-0.05, 0) is 67.7 Å². The molecule has 0 heterocycles. The van der Waals surface area contributed by atoms with E-state index in [9.17, 15) is 9.59 Å². The maximum atomic E-state index is 12.3. The van der Waals surface area contributed by atoms with Crippen LogP contribution in [0.5, 0.6) is 5.75 Å². The first-order valence-electron chi connectivity index (χ1n) is 9.86. The molecule has 3 N–H and O–H groups in total. The molecule has 0 unspecified atom stereocenters. The van der Waals surface area contributed by atoms with Gasteiger partial charge in [0, 0.05) is 28.6 Å². The number of hydrogen-bond acceptors (Lipinski definition) is 4. The maximum Gasteiger partial charge on any atom is 0.255 e. The van der Waals surface area contributed by atoms with Gasteiger partial charge >= 0.3 is 0 Å². The molecule has 3 aromatic rings. The molecular formula is C25H23N3O3S. The number of hydrogen-bond donors (Lipinski definition) is 3. The van der Waals surface area contributed by atoms with E-state index >= 15 is 0 Å². The number of carbonyl (C=O) groups is 2. The molecule has 0 aliphatic carbocycles. The molecule has 0 aromatic heterocycles.